The number of amides is 1. The maximum absolute atomic E-state index is 11.4. The fraction of sp³-hybridized carbons (Fsp3) is 0.167. The molecule has 0 unspecified atom stereocenters. The zero-order valence-electron chi connectivity index (χ0n) is 10.9. The van der Waals surface area contributed by atoms with Gasteiger partial charge >= 0.3 is 0 Å². The molecule has 0 saturated carbocycles. The smallest absolute Gasteiger partial charge is 0.225 e. The molecular formula is C12H13ClN6OS. The van der Waals surface area contributed by atoms with Crippen molar-refractivity contribution in [2.45, 2.75) is 6.42 Å². The van der Waals surface area contributed by atoms with Crippen LogP contribution in [0, 0.1) is 11.5 Å². The van der Waals surface area contributed by atoms with Crippen molar-refractivity contribution in [2.75, 3.05) is 11.1 Å². The summed E-state index contributed by atoms with van der Waals surface area (Å²) in [6.07, 6.45) is 6.56. The fourth-order valence-electron chi connectivity index (χ4n) is 1.37. The van der Waals surface area contributed by atoms with Gasteiger partial charge in [-0.05, 0) is 17.9 Å². The largest absolute Gasteiger partial charge is 0.337 e. The molecule has 110 valence electrons. The molecule has 2 aromatic heterocycles. The lowest BCUT2D eigenvalue weighted by atomic mass is 10.4. The predicted molar refractivity (Wildman–Crippen MR) is 83.3 cm³/mol. The number of nitriles is 1. The highest BCUT2D eigenvalue weighted by molar-refractivity contribution is 7.80. The maximum atomic E-state index is 11.4. The van der Waals surface area contributed by atoms with E-state index in [1.165, 1.54) is 6.19 Å². The van der Waals surface area contributed by atoms with Crippen LogP contribution in [-0.2, 0) is 4.79 Å². The number of carbonyl (C=O) groups excluding carboxylic acids is 1. The van der Waals surface area contributed by atoms with Crippen LogP contribution in [0.15, 0.2) is 30.7 Å². The number of nitrogens with zero attached hydrogens (tertiary/aromatic N) is 4. The summed E-state index contributed by atoms with van der Waals surface area (Å²) in [6.45, 7) is 0. The van der Waals surface area contributed by atoms with Crippen molar-refractivity contribution in [3.05, 3.63) is 35.9 Å². The van der Waals surface area contributed by atoms with Gasteiger partial charge in [-0.2, -0.15) is 23.0 Å². The Bertz CT molecular complexity index is 624. The molecule has 0 fully saturated rings. The van der Waals surface area contributed by atoms with Gasteiger partial charge in [0.05, 0.1) is 23.8 Å². The first-order chi connectivity index (χ1) is 10.1. The Labute approximate surface area is 132 Å². The first-order valence-corrected chi connectivity index (χ1v) is 6.79. The van der Waals surface area contributed by atoms with Crippen molar-refractivity contribution >= 4 is 35.8 Å². The molecule has 2 rings (SSSR count). The average molecular weight is 325 g/mol. The number of carbonyl (C=O) groups is 1. The second-order valence-corrected chi connectivity index (χ2v) is 4.45. The lowest BCUT2D eigenvalue weighted by Gasteiger charge is -2.00. The van der Waals surface area contributed by atoms with Gasteiger partial charge in [-0.1, -0.05) is 11.6 Å². The maximum Gasteiger partial charge on any atom is 0.225 e. The molecule has 3 N–H and O–H groups in total. The number of halogens is 1. The monoisotopic (exact) mass is 324 g/mol. The number of hydrogen-bond donors (Lipinski definition) is 3. The third-order valence-corrected chi connectivity index (χ3v) is 2.70. The number of nitrogens with one attached hydrogen (secondary N) is 1. The number of pyridine rings is 1. The molecule has 0 aliphatic carbocycles. The van der Waals surface area contributed by atoms with Crippen LogP contribution < -0.4 is 11.1 Å². The van der Waals surface area contributed by atoms with Gasteiger partial charge in [0.2, 0.25) is 5.91 Å². The van der Waals surface area contributed by atoms with Crippen molar-refractivity contribution < 1.29 is 4.79 Å². The summed E-state index contributed by atoms with van der Waals surface area (Å²) in [5.41, 5.74) is 5.40. The molecule has 0 aliphatic rings. The second kappa shape index (κ2) is 8.84. The summed E-state index contributed by atoms with van der Waals surface area (Å²) in [5.74, 6) is 0.345. The van der Waals surface area contributed by atoms with Crippen LogP contribution in [0.25, 0.3) is 5.69 Å². The summed E-state index contributed by atoms with van der Waals surface area (Å²) in [7, 11) is 0. The molecule has 0 atom stereocenters. The molecule has 2 aromatic rings. The van der Waals surface area contributed by atoms with Crippen LogP contribution in [0.1, 0.15) is 6.42 Å². The molecule has 0 radical (unpaired) electrons. The summed E-state index contributed by atoms with van der Waals surface area (Å²) in [5, 5.41) is 14.1. The normalized spacial score (nSPS) is 9.19. The number of rotatable bonds is 4. The number of hydrogen-bond acceptors (Lipinski definition) is 6. The van der Waals surface area contributed by atoms with Gasteiger partial charge < -0.3 is 11.1 Å². The number of nitrogens with two attached hydrogens (primary N) is 1. The topological polar surface area (TPSA) is 110 Å². The van der Waals surface area contributed by atoms with Gasteiger partial charge in [0.1, 0.15) is 0 Å². The van der Waals surface area contributed by atoms with Crippen molar-refractivity contribution in [2.24, 2.45) is 5.73 Å². The first-order valence-electron chi connectivity index (χ1n) is 5.78. The molecule has 0 spiro atoms. The van der Waals surface area contributed by atoms with Crippen molar-refractivity contribution in [1.82, 2.24) is 14.8 Å². The van der Waals surface area contributed by atoms with Crippen LogP contribution in [-0.4, -0.2) is 26.4 Å². The summed E-state index contributed by atoms with van der Waals surface area (Å²) < 4.78 is 1.56. The molecule has 0 bridgehead atoms. The van der Waals surface area contributed by atoms with Gasteiger partial charge in [-0.25, -0.2) is 4.68 Å². The van der Waals surface area contributed by atoms with Crippen molar-refractivity contribution in [3.8, 4) is 11.9 Å². The first kappa shape index (κ1) is 16.8. The van der Waals surface area contributed by atoms with E-state index < -0.39 is 0 Å². The summed E-state index contributed by atoms with van der Waals surface area (Å²) >= 11 is 9.94. The zero-order valence-corrected chi connectivity index (χ0v) is 12.6. The Morgan fingerprint density at radius 2 is 2.33 bits per heavy atom. The van der Waals surface area contributed by atoms with Crippen LogP contribution >= 0.6 is 24.2 Å². The van der Waals surface area contributed by atoms with E-state index in [-0.39, 0.29) is 11.1 Å². The molecule has 1 amide bonds. The Morgan fingerprint density at radius 3 is 2.90 bits per heavy atom. The average Bonchev–Trinajstić information content (AvgIpc) is 2.82. The molecule has 9 heteroatoms. The highest BCUT2D eigenvalue weighted by atomic mass is 35.5. The van der Waals surface area contributed by atoms with E-state index in [2.05, 4.69) is 33.8 Å². The van der Waals surface area contributed by atoms with Crippen LogP contribution in [0.5, 0.6) is 0 Å². The van der Waals surface area contributed by atoms with Crippen molar-refractivity contribution in [1.29, 1.82) is 5.26 Å². The lowest BCUT2D eigenvalue weighted by molar-refractivity contribution is -0.115. The third kappa shape index (κ3) is 5.33. The fourth-order valence-corrected chi connectivity index (χ4v) is 1.75. The molecule has 0 aromatic carbocycles. The van der Waals surface area contributed by atoms with Gasteiger partial charge in [0.15, 0.2) is 11.3 Å². The Kier molecular flexibility index (Phi) is 7.08. The van der Waals surface area contributed by atoms with E-state index in [1.54, 1.807) is 29.3 Å². The highest BCUT2D eigenvalue weighted by Crippen LogP contribution is 2.21. The van der Waals surface area contributed by atoms with E-state index in [0.717, 1.165) is 5.69 Å². The Morgan fingerprint density at radius 1 is 1.62 bits per heavy atom. The number of aromatic nitrogens is 3. The van der Waals surface area contributed by atoms with E-state index >= 15 is 0 Å². The third-order valence-electron chi connectivity index (χ3n) is 2.19. The highest BCUT2D eigenvalue weighted by Gasteiger charge is 2.10. The SMILES string of the molecule is N#CN.O=C(CCS)Nc1cn(-c2cccnc2)nc1Cl. The Hall–Kier alpha value is -2.24. The Balaban J connectivity index is 0.000000677. The minimum atomic E-state index is -0.141. The van der Waals surface area contributed by atoms with Crippen LogP contribution in [0.3, 0.4) is 0 Å². The quantitative estimate of drug-likeness (QED) is 0.449. The van der Waals surface area contributed by atoms with Crippen LogP contribution in [0.4, 0.5) is 5.69 Å². The second-order valence-electron chi connectivity index (χ2n) is 3.64. The van der Waals surface area contributed by atoms with E-state index in [4.69, 9.17) is 16.9 Å². The molecule has 21 heavy (non-hydrogen) atoms. The molecular weight excluding hydrogens is 312 g/mol. The van der Waals surface area contributed by atoms with Gasteiger partial charge in [0, 0.05) is 12.6 Å². The van der Waals surface area contributed by atoms with Gasteiger partial charge in [0.25, 0.3) is 0 Å². The summed E-state index contributed by atoms with van der Waals surface area (Å²) in [4.78, 5) is 15.4. The predicted octanol–water partition coefficient (Wildman–Crippen LogP) is 1.61. The van der Waals surface area contributed by atoms with E-state index in [1.807, 2.05) is 6.07 Å². The standard InChI is InChI=1S/C11H11ClN4OS.CH2N2/c12-11-9(14-10(17)3-5-18)7-16(15-11)8-2-1-4-13-6-8;2-1-3/h1-2,4,6-7,18H,3,5H2,(H,14,17);2H2. The van der Waals surface area contributed by atoms with Gasteiger partial charge in [-0.3, -0.25) is 9.78 Å². The minimum absolute atomic E-state index is 0.141. The molecule has 0 saturated heterocycles. The zero-order chi connectivity index (χ0) is 15.7. The number of anilines is 1. The van der Waals surface area contributed by atoms with E-state index in [9.17, 15) is 4.79 Å². The van der Waals surface area contributed by atoms with Gasteiger partial charge in [-0.15, -0.1) is 0 Å². The van der Waals surface area contributed by atoms with Crippen LogP contribution in [0.2, 0.25) is 5.15 Å². The van der Waals surface area contributed by atoms with Crippen molar-refractivity contribution in [3.63, 3.8) is 0 Å². The summed E-state index contributed by atoms with van der Waals surface area (Å²) in [6, 6.07) is 3.64. The molecule has 7 nitrogen and oxygen atoms in total. The molecule has 2 heterocycles. The minimum Gasteiger partial charge on any atom is -0.337 e. The lowest BCUT2D eigenvalue weighted by Crippen LogP contribution is -2.11. The molecule has 0 aliphatic heterocycles. The van der Waals surface area contributed by atoms with E-state index in [0.29, 0.717) is 17.9 Å². The number of thiol groups is 1.